The summed E-state index contributed by atoms with van der Waals surface area (Å²) in [6, 6.07) is 8.60. The average molecular weight is 272 g/mol. The van der Waals surface area contributed by atoms with Crippen LogP contribution in [-0.4, -0.2) is 40.8 Å². The highest BCUT2D eigenvalue weighted by molar-refractivity contribution is 5.84. The lowest BCUT2D eigenvalue weighted by Gasteiger charge is -2.33. The number of piperidine rings is 1. The molecule has 1 aromatic carbocycles. The molecule has 3 rings (SSSR count). The van der Waals surface area contributed by atoms with Crippen molar-refractivity contribution in [3.05, 3.63) is 36.0 Å². The first-order chi connectivity index (χ1) is 9.69. The molecule has 0 aliphatic carbocycles. The summed E-state index contributed by atoms with van der Waals surface area (Å²) >= 11 is 0. The third kappa shape index (κ3) is 2.48. The number of hydrogen-bond donors (Lipinski definition) is 1. The summed E-state index contributed by atoms with van der Waals surface area (Å²) in [5.41, 5.74) is 2.69. The number of aromatic nitrogens is 1. The number of aryl methyl sites for hydroxylation is 1. The molecule has 2 unspecified atom stereocenters. The van der Waals surface area contributed by atoms with Crippen molar-refractivity contribution in [3.8, 4) is 0 Å². The molecule has 3 nitrogen and oxygen atoms in total. The van der Waals surface area contributed by atoms with Crippen LogP contribution < -0.4 is 0 Å². The van der Waals surface area contributed by atoms with Crippen LogP contribution >= 0.6 is 0 Å². The fraction of sp³-hybridized carbons (Fsp3) is 0.529. The van der Waals surface area contributed by atoms with Gasteiger partial charge in [-0.1, -0.05) is 18.2 Å². The molecule has 1 aliphatic heterocycles. The number of para-hydroxylation sites is 1. The van der Waals surface area contributed by atoms with E-state index in [1.807, 2.05) is 0 Å². The van der Waals surface area contributed by atoms with Crippen molar-refractivity contribution in [1.82, 2.24) is 9.47 Å². The Hall–Kier alpha value is -1.32. The number of benzene rings is 1. The molecule has 0 saturated carbocycles. The van der Waals surface area contributed by atoms with Crippen LogP contribution in [0.1, 0.15) is 18.9 Å². The van der Waals surface area contributed by atoms with E-state index in [2.05, 4.69) is 53.9 Å². The van der Waals surface area contributed by atoms with Crippen LogP contribution in [0.4, 0.5) is 0 Å². The summed E-state index contributed by atoms with van der Waals surface area (Å²) in [5.74, 6) is 0.352. The molecule has 3 heteroatoms. The molecule has 2 aromatic rings. The molecule has 2 atom stereocenters. The second kappa shape index (κ2) is 5.58. The van der Waals surface area contributed by atoms with Gasteiger partial charge in [-0.15, -0.1) is 0 Å². The molecule has 20 heavy (non-hydrogen) atoms. The van der Waals surface area contributed by atoms with Crippen LogP contribution in [0.25, 0.3) is 10.9 Å². The largest absolute Gasteiger partial charge is 0.393 e. The lowest BCUT2D eigenvalue weighted by Crippen LogP contribution is -2.41. The molecule has 1 aliphatic rings. The Morgan fingerprint density at radius 2 is 2.10 bits per heavy atom. The summed E-state index contributed by atoms with van der Waals surface area (Å²) in [6.45, 7) is 5.17. The lowest BCUT2D eigenvalue weighted by molar-refractivity contribution is 0.0367. The zero-order valence-corrected chi connectivity index (χ0v) is 12.4. The number of aliphatic hydroxyl groups is 1. The van der Waals surface area contributed by atoms with E-state index in [4.69, 9.17) is 0 Å². The van der Waals surface area contributed by atoms with E-state index < -0.39 is 0 Å². The van der Waals surface area contributed by atoms with Crippen LogP contribution in [0.15, 0.2) is 30.5 Å². The number of hydrogen-bond acceptors (Lipinski definition) is 2. The van der Waals surface area contributed by atoms with Gasteiger partial charge in [-0.25, -0.2) is 0 Å². The number of nitrogens with zero attached hydrogens (tertiary/aromatic N) is 2. The van der Waals surface area contributed by atoms with Crippen LogP contribution in [0.2, 0.25) is 0 Å². The number of rotatable bonds is 3. The highest BCUT2D eigenvalue weighted by Gasteiger charge is 2.26. The van der Waals surface area contributed by atoms with Gasteiger partial charge in [0.1, 0.15) is 0 Å². The van der Waals surface area contributed by atoms with E-state index >= 15 is 0 Å². The summed E-state index contributed by atoms with van der Waals surface area (Å²) in [6.07, 6.45) is 3.98. The third-order valence-electron chi connectivity index (χ3n) is 4.59. The number of fused-ring (bicyclic) bond motifs is 1. The second-order valence-electron chi connectivity index (χ2n) is 6.04. The molecular formula is C17H24N2O. The smallest absolute Gasteiger partial charge is 0.0596 e. The van der Waals surface area contributed by atoms with E-state index in [1.165, 1.54) is 16.5 Å². The molecule has 108 valence electrons. The molecule has 0 spiro atoms. The second-order valence-corrected chi connectivity index (χ2v) is 6.04. The normalized spacial score (nSPS) is 24.4. The topological polar surface area (TPSA) is 28.4 Å². The van der Waals surface area contributed by atoms with Gasteiger partial charge in [-0.05, 0) is 38.4 Å². The van der Waals surface area contributed by atoms with Gasteiger partial charge in [0.25, 0.3) is 0 Å². The minimum Gasteiger partial charge on any atom is -0.393 e. The molecule has 1 fully saturated rings. The Morgan fingerprint density at radius 3 is 2.90 bits per heavy atom. The minimum atomic E-state index is -0.157. The van der Waals surface area contributed by atoms with E-state index in [-0.39, 0.29) is 6.10 Å². The fourth-order valence-electron chi connectivity index (χ4n) is 3.43. The first kappa shape index (κ1) is 13.7. The molecule has 1 aromatic heterocycles. The highest BCUT2D eigenvalue weighted by atomic mass is 16.3. The van der Waals surface area contributed by atoms with Gasteiger partial charge in [0.05, 0.1) is 6.10 Å². The molecule has 2 heterocycles. The maximum atomic E-state index is 10.3. The fourth-order valence-corrected chi connectivity index (χ4v) is 3.43. The molecule has 0 radical (unpaired) electrons. The summed E-state index contributed by atoms with van der Waals surface area (Å²) in [5, 5.41) is 11.6. The maximum absolute atomic E-state index is 10.3. The predicted octanol–water partition coefficient (Wildman–Crippen LogP) is 2.52. The van der Waals surface area contributed by atoms with Gasteiger partial charge >= 0.3 is 0 Å². The molecule has 0 amide bonds. The Morgan fingerprint density at radius 1 is 1.30 bits per heavy atom. The average Bonchev–Trinajstić information content (AvgIpc) is 2.81. The zero-order chi connectivity index (χ0) is 14.1. The van der Waals surface area contributed by atoms with Crippen molar-refractivity contribution in [2.24, 2.45) is 5.92 Å². The summed E-state index contributed by atoms with van der Waals surface area (Å²) in [7, 11) is 2.15. The van der Waals surface area contributed by atoms with Crippen molar-refractivity contribution < 1.29 is 5.11 Å². The molecular weight excluding hydrogens is 248 g/mol. The first-order valence-electron chi connectivity index (χ1n) is 7.62. The van der Waals surface area contributed by atoms with Gasteiger partial charge in [-0.2, -0.15) is 0 Å². The maximum Gasteiger partial charge on any atom is 0.0596 e. The van der Waals surface area contributed by atoms with E-state index in [1.54, 1.807) is 0 Å². The van der Waals surface area contributed by atoms with Crippen molar-refractivity contribution in [3.63, 3.8) is 0 Å². The predicted molar refractivity (Wildman–Crippen MR) is 82.9 cm³/mol. The Kier molecular flexibility index (Phi) is 3.81. The Balaban J connectivity index is 1.90. The van der Waals surface area contributed by atoms with Crippen molar-refractivity contribution >= 4 is 10.9 Å². The highest BCUT2D eigenvalue weighted by Crippen LogP contribution is 2.27. The molecule has 0 bridgehead atoms. The molecule has 1 saturated heterocycles. The van der Waals surface area contributed by atoms with Gasteiger partial charge < -0.3 is 14.6 Å². The zero-order valence-electron chi connectivity index (χ0n) is 12.4. The van der Waals surface area contributed by atoms with Crippen LogP contribution in [0.5, 0.6) is 0 Å². The SMILES string of the molecule is CCn1cc(CC2CN(C)CCC2O)c2ccccc21. The Labute approximate surface area is 120 Å². The van der Waals surface area contributed by atoms with Gasteiger partial charge in [0.2, 0.25) is 0 Å². The van der Waals surface area contributed by atoms with Crippen molar-refractivity contribution in [2.45, 2.75) is 32.4 Å². The van der Waals surface area contributed by atoms with Crippen molar-refractivity contribution in [1.29, 1.82) is 0 Å². The standard InChI is InChI=1S/C17H24N2O/c1-3-19-12-13(15-6-4-5-7-16(15)19)10-14-11-18(2)9-8-17(14)20/h4-7,12,14,17,20H,3,8-11H2,1-2H3. The van der Waals surface area contributed by atoms with Gasteiger partial charge in [0, 0.05) is 42.7 Å². The Bertz CT molecular complexity index is 590. The number of aliphatic hydroxyl groups excluding tert-OH is 1. The van der Waals surface area contributed by atoms with E-state index in [0.717, 1.165) is 32.5 Å². The molecule has 1 N–H and O–H groups in total. The summed E-state index contributed by atoms with van der Waals surface area (Å²) < 4.78 is 2.31. The quantitative estimate of drug-likeness (QED) is 0.930. The first-order valence-corrected chi connectivity index (χ1v) is 7.62. The van der Waals surface area contributed by atoms with E-state index in [0.29, 0.717) is 5.92 Å². The van der Waals surface area contributed by atoms with Gasteiger partial charge in [-0.3, -0.25) is 0 Å². The van der Waals surface area contributed by atoms with Crippen LogP contribution in [0, 0.1) is 5.92 Å². The number of likely N-dealkylation sites (tertiary alicyclic amines) is 1. The monoisotopic (exact) mass is 272 g/mol. The summed E-state index contributed by atoms with van der Waals surface area (Å²) in [4.78, 5) is 2.33. The minimum absolute atomic E-state index is 0.157. The van der Waals surface area contributed by atoms with E-state index in [9.17, 15) is 5.11 Å². The van der Waals surface area contributed by atoms with Gasteiger partial charge in [0.15, 0.2) is 0 Å². The third-order valence-corrected chi connectivity index (χ3v) is 4.59. The lowest BCUT2D eigenvalue weighted by atomic mass is 9.89. The van der Waals surface area contributed by atoms with Crippen LogP contribution in [-0.2, 0) is 13.0 Å². The van der Waals surface area contributed by atoms with Crippen molar-refractivity contribution in [2.75, 3.05) is 20.1 Å². The van der Waals surface area contributed by atoms with Crippen LogP contribution in [0.3, 0.4) is 0 Å².